The fraction of sp³-hybridized carbons (Fsp3) is 0.143. The van der Waals surface area contributed by atoms with Gasteiger partial charge in [0.15, 0.2) is 0 Å². The maximum absolute atomic E-state index is 5.62. The summed E-state index contributed by atoms with van der Waals surface area (Å²) in [5, 5.41) is 3.10. The molecule has 0 aromatic carbocycles. The number of rotatable bonds is 0. The summed E-state index contributed by atoms with van der Waals surface area (Å²) >= 11 is 3.41. The number of nitrogens with two attached hydrogens (primary N) is 1. The smallest absolute Gasteiger partial charge is 0.113 e. The Morgan fingerprint density at radius 1 is 1.64 bits per heavy atom. The molecule has 0 bridgehead atoms. The first-order valence-corrected chi connectivity index (χ1v) is 4.14. The Balaban J connectivity index is 2.29. The molecule has 3 N–H and O–H groups in total. The Labute approximate surface area is 73.4 Å². The minimum atomic E-state index is 0.819. The van der Waals surface area contributed by atoms with Gasteiger partial charge in [-0.25, -0.2) is 0 Å². The zero-order chi connectivity index (χ0) is 7.84. The molecule has 0 saturated carbocycles. The van der Waals surface area contributed by atoms with Gasteiger partial charge in [-0.1, -0.05) is 0 Å². The summed E-state index contributed by atoms with van der Waals surface area (Å²) in [5.74, 6) is 1.04. The summed E-state index contributed by atoms with van der Waals surface area (Å²) in [6.45, 7) is 0.835. The lowest BCUT2D eigenvalue weighted by molar-refractivity contribution is 0.501. The van der Waals surface area contributed by atoms with Crippen molar-refractivity contribution < 1.29 is 0 Å². The molecule has 2 rings (SSSR count). The van der Waals surface area contributed by atoms with Gasteiger partial charge in [-0.3, -0.25) is 0 Å². The van der Waals surface area contributed by atoms with E-state index in [1.165, 1.54) is 0 Å². The van der Waals surface area contributed by atoms with E-state index in [1.807, 2.05) is 18.4 Å². The van der Waals surface area contributed by atoms with Crippen LogP contribution in [0.4, 0.5) is 0 Å². The van der Waals surface area contributed by atoms with Crippen molar-refractivity contribution in [3.8, 4) is 0 Å². The third kappa shape index (κ3) is 1.03. The van der Waals surface area contributed by atoms with Gasteiger partial charge in [0.05, 0.1) is 0 Å². The highest BCUT2D eigenvalue weighted by atomic mass is 79.9. The first-order valence-electron chi connectivity index (χ1n) is 3.34. The van der Waals surface area contributed by atoms with Crippen molar-refractivity contribution >= 4 is 15.9 Å². The monoisotopic (exact) mass is 213 g/mol. The van der Waals surface area contributed by atoms with E-state index in [9.17, 15) is 0 Å². The zero-order valence-electron chi connectivity index (χ0n) is 5.84. The van der Waals surface area contributed by atoms with Crippen LogP contribution in [0.2, 0.25) is 0 Å². The molecule has 58 valence electrons. The average molecular weight is 214 g/mol. The summed E-state index contributed by atoms with van der Waals surface area (Å²) in [4.78, 5) is 2.09. The topological polar surface area (TPSA) is 41.3 Å². The maximum atomic E-state index is 5.62. The van der Waals surface area contributed by atoms with Gasteiger partial charge < -0.3 is 16.0 Å². The van der Waals surface area contributed by atoms with Crippen LogP contribution in [0.25, 0.3) is 0 Å². The highest BCUT2D eigenvalue weighted by Gasteiger charge is 2.19. The second-order valence-electron chi connectivity index (χ2n) is 2.46. The van der Waals surface area contributed by atoms with E-state index in [0.29, 0.717) is 0 Å². The Hall–Kier alpha value is -0.900. The van der Waals surface area contributed by atoms with E-state index in [2.05, 4.69) is 26.1 Å². The predicted octanol–water partition coefficient (Wildman–Crippen LogP) is 0.783. The Kier molecular flexibility index (Phi) is 1.42. The lowest BCUT2D eigenvalue weighted by atomic mass is 10.3. The van der Waals surface area contributed by atoms with E-state index >= 15 is 0 Å². The number of allylic oxidation sites excluding steroid dienone is 1. The predicted molar refractivity (Wildman–Crippen MR) is 47.2 cm³/mol. The standard InChI is InChI=1S/C7H8BrN3/c8-6-4-10-7-3-5(9)1-2-11(6)7/h1,3-4,10H,2,9H2. The minimum Gasteiger partial charge on any atom is -0.399 e. The molecule has 2 aliphatic heterocycles. The molecular formula is C7H8BrN3. The van der Waals surface area contributed by atoms with Gasteiger partial charge in [-0.15, -0.1) is 0 Å². The molecule has 0 radical (unpaired) electrons. The molecule has 3 nitrogen and oxygen atoms in total. The van der Waals surface area contributed by atoms with Crippen LogP contribution in [0, 0.1) is 0 Å². The van der Waals surface area contributed by atoms with Crippen molar-refractivity contribution in [1.29, 1.82) is 0 Å². The molecule has 0 saturated heterocycles. The fourth-order valence-corrected chi connectivity index (χ4v) is 1.57. The molecule has 0 spiro atoms. The highest BCUT2D eigenvalue weighted by molar-refractivity contribution is 9.11. The molecule has 0 aromatic heterocycles. The van der Waals surface area contributed by atoms with Gasteiger partial charge in [-0.2, -0.15) is 0 Å². The first kappa shape index (κ1) is 6.79. The van der Waals surface area contributed by atoms with Crippen molar-refractivity contribution in [1.82, 2.24) is 10.2 Å². The molecule has 0 aliphatic carbocycles. The molecule has 0 atom stereocenters. The quantitative estimate of drug-likeness (QED) is 0.585. The van der Waals surface area contributed by atoms with Crippen molar-refractivity contribution in [2.45, 2.75) is 0 Å². The molecule has 0 amide bonds. The number of nitrogens with one attached hydrogen (secondary N) is 1. The van der Waals surface area contributed by atoms with Crippen molar-refractivity contribution in [3.05, 3.63) is 34.5 Å². The summed E-state index contributed by atoms with van der Waals surface area (Å²) in [5.41, 5.74) is 6.43. The van der Waals surface area contributed by atoms with Crippen LogP contribution in [-0.4, -0.2) is 11.4 Å². The van der Waals surface area contributed by atoms with Gasteiger partial charge >= 0.3 is 0 Å². The fourth-order valence-electron chi connectivity index (χ4n) is 1.12. The number of hydrogen-bond donors (Lipinski definition) is 2. The van der Waals surface area contributed by atoms with Crippen molar-refractivity contribution in [3.63, 3.8) is 0 Å². The summed E-state index contributed by atoms with van der Waals surface area (Å²) in [6.07, 6.45) is 5.79. The largest absolute Gasteiger partial charge is 0.399 e. The average Bonchev–Trinajstić information content (AvgIpc) is 2.32. The maximum Gasteiger partial charge on any atom is 0.113 e. The molecule has 0 unspecified atom stereocenters. The third-order valence-electron chi connectivity index (χ3n) is 1.70. The molecule has 0 aromatic rings. The van der Waals surface area contributed by atoms with Crippen LogP contribution in [-0.2, 0) is 0 Å². The number of fused-ring (bicyclic) bond motifs is 1. The van der Waals surface area contributed by atoms with Crippen LogP contribution < -0.4 is 11.1 Å². The van der Waals surface area contributed by atoms with Gasteiger partial charge in [0, 0.05) is 24.5 Å². The number of nitrogens with zero attached hydrogens (tertiary/aromatic N) is 1. The SMILES string of the molecule is NC1=CCN2C(Br)=CNC2=C1. The van der Waals surface area contributed by atoms with E-state index in [1.54, 1.807) is 0 Å². The van der Waals surface area contributed by atoms with Gasteiger partial charge in [0.1, 0.15) is 10.4 Å². The van der Waals surface area contributed by atoms with E-state index < -0.39 is 0 Å². The summed E-state index contributed by atoms with van der Waals surface area (Å²) in [7, 11) is 0. The molecule has 11 heavy (non-hydrogen) atoms. The number of hydrogen-bond acceptors (Lipinski definition) is 3. The molecule has 2 heterocycles. The van der Waals surface area contributed by atoms with Crippen molar-refractivity contribution in [2.75, 3.05) is 6.54 Å². The van der Waals surface area contributed by atoms with Gasteiger partial charge in [-0.05, 0) is 22.0 Å². The summed E-state index contributed by atoms with van der Waals surface area (Å²) in [6, 6.07) is 0. The van der Waals surface area contributed by atoms with Crippen LogP contribution in [0.15, 0.2) is 34.5 Å². The normalized spacial score (nSPS) is 21.5. The van der Waals surface area contributed by atoms with Crippen LogP contribution in [0.3, 0.4) is 0 Å². The molecule has 2 aliphatic rings. The Bertz CT molecular complexity index is 277. The molecular weight excluding hydrogens is 206 g/mol. The zero-order valence-corrected chi connectivity index (χ0v) is 7.43. The minimum absolute atomic E-state index is 0.819. The Morgan fingerprint density at radius 3 is 3.27 bits per heavy atom. The molecule has 0 fully saturated rings. The first-order chi connectivity index (χ1) is 5.27. The van der Waals surface area contributed by atoms with Gasteiger partial charge in [0.2, 0.25) is 0 Å². The summed E-state index contributed by atoms with van der Waals surface area (Å²) < 4.78 is 1.05. The number of halogens is 1. The van der Waals surface area contributed by atoms with Gasteiger partial charge in [0.25, 0.3) is 0 Å². The van der Waals surface area contributed by atoms with Crippen molar-refractivity contribution in [2.24, 2.45) is 5.73 Å². The van der Waals surface area contributed by atoms with Crippen LogP contribution >= 0.6 is 15.9 Å². The Morgan fingerprint density at radius 2 is 2.45 bits per heavy atom. The third-order valence-corrected chi connectivity index (χ3v) is 2.36. The van der Waals surface area contributed by atoms with E-state index in [4.69, 9.17) is 5.73 Å². The lowest BCUT2D eigenvalue weighted by Gasteiger charge is -2.21. The van der Waals surface area contributed by atoms with E-state index in [-0.39, 0.29) is 0 Å². The highest BCUT2D eigenvalue weighted by Crippen LogP contribution is 2.24. The van der Waals surface area contributed by atoms with E-state index in [0.717, 1.165) is 22.7 Å². The lowest BCUT2D eigenvalue weighted by Crippen LogP contribution is -2.24. The van der Waals surface area contributed by atoms with Crippen LogP contribution in [0.5, 0.6) is 0 Å². The van der Waals surface area contributed by atoms with Crippen LogP contribution in [0.1, 0.15) is 0 Å². The second-order valence-corrected chi connectivity index (χ2v) is 3.27. The second kappa shape index (κ2) is 2.30. The molecule has 4 heteroatoms.